The van der Waals surface area contributed by atoms with E-state index in [9.17, 15) is 18.0 Å². The molecule has 0 aromatic heterocycles. The molecule has 0 saturated carbocycles. The number of Topliss-reactive ketones (excluding diaryl/α,β-unsaturated/α-hetero) is 1. The Morgan fingerprint density at radius 2 is 1.71 bits per heavy atom. The van der Waals surface area contributed by atoms with Crippen LogP contribution in [-0.4, -0.2) is 33.0 Å². The first-order valence-electron chi connectivity index (χ1n) is 6.22. The molecule has 0 heterocycles. The van der Waals surface area contributed by atoms with Crippen LogP contribution in [0.1, 0.15) is 6.42 Å². The number of ketones is 1. The van der Waals surface area contributed by atoms with Crippen LogP contribution in [-0.2, 0) is 24.2 Å². The molecule has 2 aromatic carbocycles. The summed E-state index contributed by atoms with van der Waals surface area (Å²) >= 11 is 0. The Hall–Kier alpha value is -2.21. The Morgan fingerprint density at radius 3 is 2.38 bits per heavy atom. The number of hydrogen-bond acceptors (Lipinski definition) is 5. The van der Waals surface area contributed by atoms with Gasteiger partial charge in [0.1, 0.15) is 12.2 Å². The predicted octanol–water partition coefficient (Wildman–Crippen LogP) is 1.75. The second-order valence-corrected chi connectivity index (χ2v) is 6.55. The summed E-state index contributed by atoms with van der Waals surface area (Å²) in [6.07, 6.45) is -0.538. The molecule has 2 rings (SSSR count). The third kappa shape index (κ3) is 3.66. The molecule has 0 atom stereocenters. The van der Waals surface area contributed by atoms with E-state index in [2.05, 4.69) is 4.74 Å². The quantitative estimate of drug-likeness (QED) is 0.621. The topological polar surface area (TPSA) is 77.5 Å². The van der Waals surface area contributed by atoms with E-state index in [1.165, 1.54) is 12.1 Å². The minimum Gasteiger partial charge on any atom is -0.469 e. The second kappa shape index (κ2) is 6.05. The van der Waals surface area contributed by atoms with Crippen LogP contribution in [0.25, 0.3) is 10.8 Å². The molecular formula is C15H14O5S. The van der Waals surface area contributed by atoms with Crippen molar-refractivity contribution >= 4 is 32.4 Å². The van der Waals surface area contributed by atoms with Crippen LogP contribution >= 0.6 is 0 Å². The standard InChI is InChI=1S/C15H14O5S/c1-20-15(17)9-13(16)10-21(18,19)14-7-6-11-4-2-3-5-12(11)8-14/h2-8H,9-10H2,1H3. The normalized spacial score (nSPS) is 11.3. The molecule has 0 aliphatic carbocycles. The zero-order valence-corrected chi connectivity index (χ0v) is 12.2. The fourth-order valence-corrected chi connectivity index (χ4v) is 3.21. The van der Waals surface area contributed by atoms with E-state index in [-0.39, 0.29) is 4.90 Å². The van der Waals surface area contributed by atoms with Crippen LogP contribution in [0.5, 0.6) is 0 Å². The zero-order chi connectivity index (χ0) is 15.5. The molecule has 0 unspecified atom stereocenters. The van der Waals surface area contributed by atoms with Crippen LogP contribution in [0.15, 0.2) is 47.4 Å². The fraction of sp³-hybridized carbons (Fsp3) is 0.200. The van der Waals surface area contributed by atoms with Crippen molar-refractivity contribution in [2.45, 2.75) is 11.3 Å². The first-order chi connectivity index (χ1) is 9.92. The molecule has 0 bridgehead atoms. The van der Waals surface area contributed by atoms with Gasteiger partial charge < -0.3 is 4.74 Å². The monoisotopic (exact) mass is 306 g/mol. The van der Waals surface area contributed by atoms with Gasteiger partial charge in [-0.05, 0) is 22.9 Å². The molecule has 21 heavy (non-hydrogen) atoms. The maximum Gasteiger partial charge on any atom is 0.313 e. The summed E-state index contributed by atoms with van der Waals surface area (Å²) in [5.74, 6) is -2.14. The van der Waals surface area contributed by atoms with Crippen molar-refractivity contribution in [1.82, 2.24) is 0 Å². The van der Waals surface area contributed by atoms with Gasteiger partial charge >= 0.3 is 5.97 Å². The number of rotatable bonds is 5. The Balaban J connectivity index is 2.25. The van der Waals surface area contributed by atoms with Crippen molar-refractivity contribution in [3.8, 4) is 0 Å². The van der Waals surface area contributed by atoms with E-state index in [0.717, 1.165) is 17.9 Å². The molecule has 0 fully saturated rings. The lowest BCUT2D eigenvalue weighted by Crippen LogP contribution is -2.19. The number of ether oxygens (including phenoxy) is 1. The molecule has 0 saturated heterocycles. The summed E-state index contributed by atoms with van der Waals surface area (Å²) in [7, 11) is -2.62. The number of fused-ring (bicyclic) bond motifs is 1. The highest BCUT2D eigenvalue weighted by Gasteiger charge is 2.21. The van der Waals surface area contributed by atoms with Crippen LogP contribution < -0.4 is 0 Å². The molecular weight excluding hydrogens is 292 g/mol. The van der Waals surface area contributed by atoms with E-state index >= 15 is 0 Å². The molecule has 110 valence electrons. The maximum atomic E-state index is 12.2. The average Bonchev–Trinajstić information content (AvgIpc) is 2.45. The largest absolute Gasteiger partial charge is 0.469 e. The molecule has 0 radical (unpaired) electrons. The first-order valence-corrected chi connectivity index (χ1v) is 7.88. The highest BCUT2D eigenvalue weighted by Crippen LogP contribution is 2.20. The van der Waals surface area contributed by atoms with Gasteiger partial charge in [0.2, 0.25) is 0 Å². The summed E-state index contributed by atoms with van der Waals surface area (Å²) in [4.78, 5) is 22.6. The number of sulfone groups is 1. The number of methoxy groups -OCH3 is 1. The zero-order valence-electron chi connectivity index (χ0n) is 11.4. The lowest BCUT2D eigenvalue weighted by molar-refractivity contribution is -0.142. The highest BCUT2D eigenvalue weighted by atomic mass is 32.2. The molecule has 0 amide bonds. The van der Waals surface area contributed by atoms with Crippen molar-refractivity contribution in [1.29, 1.82) is 0 Å². The van der Waals surface area contributed by atoms with E-state index in [1.54, 1.807) is 18.2 Å². The summed E-state index contributed by atoms with van der Waals surface area (Å²) < 4.78 is 28.7. The van der Waals surface area contributed by atoms with Crippen molar-refractivity contribution < 1.29 is 22.7 Å². The summed E-state index contributed by atoms with van der Waals surface area (Å²) in [5.41, 5.74) is 0. The van der Waals surface area contributed by atoms with Gasteiger partial charge in [-0.25, -0.2) is 8.42 Å². The fourth-order valence-electron chi connectivity index (χ4n) is 1.94. The highest BCUT2D eigenvalue weighted by molar-refractivity contribution is 7.92. The van der Waals surface area contributed by atoms with E-state index in [0.29, 0.717) is 0 Å². The van der Waals surface area contributed by atoms with Gasteiger partial charge in [-0.2, -0.15) is 0 Å². The van der Waals surface area contributed by atoms with Gasteiger partial charge in [-0.15, -0.1) is 0 Å². The number of carbonyl (C=O) groups is 2. The number of hydrogen-bond donors (Lipinski definition) is 0. The van der Waals surface area contributed by atoms with Gasteiger partial charge in [0.25, 0.3) is 0 Å². The summed E-state index contributed by atoms with van der Waals surface area (Å²) in [6.45, 7) is 0. The van der Waals surface area contributed by atoms with Crippen molar-refractivity contribution in [3.63, 3.8) is 0 Å². The van der Waals surface area contributed by atoms with Crippen molar-refractivity contribution in [3.05, 3.63) is 42.5 Å². The predicted molar refractivity (Wildman–Crippen MR) is 77.6 cm³/mol. The number of benzene rings is 2. The molecule has 0 aliphatic heterocycles. The maximum absolute atomic E-state index is 12.2. The van der Waals surface area contributed by atoms with Crippen LogP contribution in [0.4, 0.5) is 0 Å². The molecule has 5 nitrogen and oxygen atoms in total. The third-order valence-electron chi connectivity index (χ3n) is 3.00. The van der Waals surface area contributed by atoms with Gasteiger partial charge in [0.05, 0.1) is 12.0 Å². The van der Waals surface area contributed by atoms with Gasteiger partial charge in [0.15, 0.2) is 15.6 Å². The molecule has 0 N–H and O–H groups in total. The van der Waals surface area contributed by atoms with E-state index < -0.39 is 33.8 Å². The van der Waals surface area contributed by atoms with Crippen LogP contribution in [0.3, 0.4) is 0 Å². The third-order valence-corrected chi connectivity index (χ3v) is 4.67. The molecule has 0 spiro atoms. The second-order valence-electron chi connectivity index (χ2n) is 4.56. The van der Waals surface area contributed by atoms with Crippen LogP contribution in [0.2, 0.25) is 0 Å². The van der Waals surface area contributed by atoms with E-state index in [1.807, 2.05) is 12.1 Å². The minimum absolute atomic E-state index is 0.0689. The van der Waals surface area contributed by atoms with Gasteiger partial charge in [-0.1, -0.05) is 30.3 Å². The lowest BCUT2D eigenvalue weighted by Gasteiger charge is -2.05. The van der Waals surface area contributed by atoms with Crippen molar-refractivity contribution in [2.75, 3.05) is 12.9 Å². The molecule has 0 aliphatic rings. The Kier molecular flexibility index (Phi) is 4.37. The minimum atomic E-state index is -3.76. The molecule has 6 heteroatoms. The smallest absolute Gasteiger partial charge is 0.313 e. The summed E-state index contributed by atoms with van der Waals surface area (Å²) in [6, 6.07) is 12.0. The number of carbonyl (C=O) groups excluding carboxylic acids is 2. The summed E-state index contributed by atoms with van der Waals surface area (Å²) in [5, 5.41) is 1.69. The van der Waals surface area contributed by atoms with Crippen LogP contribution in [0, 0.1) is 0 Å². The Bertz CT molecular complexity index is 793. The SMILES string of the molecule is COC(=O)CC(=O)CS(=O)(=O)c1ccc2ccccc2c1. The Labute approximate surface area is 122 Å². The Morgan fingerprint density at radius 1 is 1.05 bits per heavy atom. The van der Waals surface area contributed by atoms with Gasteiger partial charge in [0, 0.05) is 0 Å². The first kappa shape index (κ1) is 15.2. The van der Waals surface area contributed by atoms with E-state index in [4.69, 9.17) is 0 Å². The average molecular weight is 306 g/mol. The van der Waals surface area contributed by atoms with Crippen molar-refractivity contribution in [2.24, 2.45) is 0 Å². The lowest BCUT2D eigenvalue weighted by atomic mass is 10.1. The molecule has 2 aromatic rings. The van der Waals surface area contributed by atoms with Gasteiger partial charge in [-0.3, -0.25) is 9.59 Å². The number of esters is 1.